The number of rotatable bonds is 8. The van der Waals surface area contributed by atoms with Crippen molar-refractivity contribution >= 4 is 61.0 Å². The first kappa shape index (κ1) is 31.2. The number of benzene rings is 2. The molecule has 47 heavy (non-hydrogen) atoms. The van der Waals surface area contributed by atoms with Gasteiger partial charge in [0, 0.05) is 34.4 Å². The monoisotopic (exact) mass is 716 g/mol. The van der Waals surface area contributed by atoms with Crippen LogP contribution in [0, 0.1) is 5.82 Å². The Morgan fingerprint density at radius 2 is 1.72 bits per heavy atom. The molecule has 0 atom stereocenters. The molecule has 0 bridgehead atoms. The SMILES string of the molecule is Clc1ncnn2ccc(CBr)c12.Fc1cccc(Cn2ncc3cc(Nc4ncnn5ccc(COC6CCNCC6)c45)ccc32)c1. The van der Waals surface area contributed by atoms with Crippen molar-refractivity contribution in [2.24, 2.45) is 0 Å². The minimum absolute atomic E-state index is 0.243. The highest BCUT2D eigenvalue weighted by Gasteiger charge is 2.16. The summed E-state index contributed by atoms with van der Waals surface area (Å²) in [5, 5.41) is 21.9. The van der Waals surface area contributed by atoms with Crippen molar-refractivity contribution in [1.29, 1.82) is 0 Å². The van der Waals surface area contributed by atoms with Crippen molar-refractivity contribution in [2.45, 2.75) is 37.4 Å². The molecule has 1 saturated heterocycles. The summed E-state index contributed by atoms with van der Waals surface area (Å²) in [6.07, 6.45) is 10.9. The van der Waals surface area contributed by atoms with Crippen LogP contribution in [0.3, 0.4) is 0 Å². The zero-order valence-corrected chi connectivity index (χ0v) is 27.6. The highest BCUT2D eigenvalue weighted by Crippen LogP contribution is 2.27. The lowest BCUT2D eigenvalue weighted by molar-refractivity contribution is 0.0218. The van der Waals surface area contributed by atoms with Gasteiger partial charge in [-0.3, -0.25) is 4.68 Å². The average molecular weight is 718 g/mol. The molecule has 0 saturated carbocycles. The van der Waals surface area contributed by atoms with Crippen molar-refractivity contribution in [2.75, 3.05) is 18.4 Å². The molecule has 11 nitrogen and oxygen atoms in total. The number of fused-ring (bicyclic) bond motifs is 3. The number of nitrogens with one attached hydrogen (secondary N) is 2. The molecule has 7 aromatic rings. The Morgan fingerprint density at radius 3 is 2.53 bits per heavy atom. The first-order valence-corrected chi connectivity index (χ1v) is 16.7. The normalized spacial score (nSPS) is 13.7. The van der Waals surface area contributed by atoms with Gasteiger partial charge in [0.2, 0.25) is 0 Å². The van der Waals surface area contributed by atoms with Gasteiger partial charge in [-0.05, 0) is 79.5 Å². The predicted octanol–water partition coefficient (Wildman–Crippen LogP) is 6.56. The van der Waals surface area contributed by atoms with Crippen molar-refractivity contribution in [3.63, 3.8) is 0 Å². The number of halogens is 3. The molecule has 0 unspecified atom stereocenters. The van der Waals surface area contributed by atoms with Crippen LogP contribution in [0.2, 0.25) is 5.15 Å². The van der Waals surface area contributed by atoms with E-state index in [0.717, 1.165) is 81.4 Å². The van der Waals surface area contributed by atoms with Crippen LogP contribution in [0.25, 0.3) is 21.9 Å². The summed E-state index contributed by atoms with van der Waals surface area (Å²) < 4.78 is 25.2. The highest BCUT2D eigenvalue weighted by molar-refractivity contribution is 9.08. The fourth-order valence-corrected chi connectivity index (χ4v) is 6.42. The molecule has 2 N–H and O–H groups in total. The van der Waals surface area contributed by atoms with Crippen LogP contribution in [0.4, 0.5) is 15.9 Å². The number of hydrogen-bond donors (Lipinski definition) is 2. The fourth-order valence-electron chi connectivity index (χ4n) is 5.72. The maximum absolute atomic E-state index is 13.6. The van der Waals surface area contributed by atoms with Gasteiger partial charge in [0.1, 0.15) is 29.5 Å². The minimum Gasteiger partial charge on any atom is -0.373 e. The van der Waals surface area contributed by atoms with Crippen LogP contribution >= 0.6 is 27.5 Å². The van der Waals surface area contributed by atoms with Crippen molar-refractivity contribution < 1.29 is 9.13 Å². The van der Waals surface area contributed by atoms with Crippen molar-refractivity contribution in [1.82, 2.24) is 44.3 Å². The first-order chi connectivity index (χ1) is 23.1. The molecule has 5 aromatic heterocycles. The van der Waals surface area contributed by atoms with E-state index in [9.17, 15) is 4.39 Å². The summed E-state index contributed by atoms with van der Waals surface area (Å²) in [4.78, 5) is 8.42. The van der Waals surface area contributed by atoms with Gasteiger partial charge in [0.25, 0.3) is 0 Å². The van der Waals surface area contributed by atoms with Crippen LogP contribution < -0.4 is 10.6 Å². The predicted molar refractivity (Wildman–Crippen MR) is 183 cm³/mol. The van der Waals surface area contributed by atoms with Crippen LogP contribution in [0.1, 0.15) is 29.5 Å². The standard InChI is InChI=1S/C26H26FN7O.C7H5BrClN3/c27-21-3-1-2-18(12-21)15-34-24-5-4-22(13-20(24)14-30-34)32-26-25-19(8-11-33(25)31-17-29-26)16-35-23-6-9-28-10-7-23;8-3-5-1-2-12-6(5)7(9)10-4-11-12/h1-5,8,11-14,17,23,28H,6-7,9-10,15-16H2,(H,29,31,32);1-2,4H,3H2. The zero-order valence-electron chi connectivity index (χ0n) is 25.2. The molecule has 0 radical (unpaired) electrons. The molecule has 8 rings (SSSR count). The lowest BCUT2D eigenvalue weighted by atomic mass is 10.1. The van der Waals surface area contributed by atoms with E-state index in [4.69, 9.17) is 16.3 Å². The molecule has 2 aromatic carbocycles. The van der Waals surface area contributed by atoms with Gasteiger partial charge < -0.3 is 15.4 Å². The van der Waals surface area contributed by atoms with E-state index in [1.165, 1.54) is 18.5 Å². The third kappa shape index (κ3) is 6.98. The lowest BCUT2D eigenvalue weighted by Crippen LogP contribution is -2.32. The average Bonchev–Trinajstić information content (AvgIpc) is 3.82. The summed E-state index contributed by atoms with van der Waals surface area (Å²) in [5.74, 6) is 0.480. The highest BCUT2D eigenvalue weighted by atomic mass is 79.9. The van der Waals surface area contributed by atoms with Crippen LogP contribution in [-0.2, 0) is 23.2 Å². The van der Waals surface area contributed by atoms with Crippen LogP contribution in [0.15, 0.2) is 85.8 Å². The molecule has 240 valence electrons. The molecule has 0 aliphatic carbocycles. The fraction of sp³-hybridized carbons (Fsp3) is 0.242. The molecular formula is C33H31BrClFN10O. The third-order valence-corrected chi connectivity index (χ3v) is 8.94. The summed E-state index contributed by atoms with van der Waals surface area (Å²) in [6.45, 7) is 3.02. The van der Waals surface area contributed by atoms with Gasteiger partial charge in [0.15, 0.2) is 11.0 Å². The van der Waals surface area contributed by atoms with Gasteiger partial charge in [-0.15, -0.1) is 0 Å². The Hall–Kier alpha value is -4.43. The molecule has 0 amide bonds. The van der Waals surface area contributed by atoms with E-state index in [1.807, 2.05) is 64.2 Å². The number of alkyl halides is 1. The number of ether oxygens (including phenoxy) is 1. The zero-order chi connectivity index (χ0) is 32.2. The van der Waals surface area contributed by atoms with Gasteiger partial charge >= 0.3 is 0 Å². The maximum atomic E-state index is 13.6. The van der Waals surface area contributed by atoms with E-state index in [-0.39, 0.29) is 11.9 Å². The summed E-state index contributed by atoms with van der Waals surface area (Å²) in [7, 11) is 0. The second-order valence-corrected chi connectivity index (χ2v) is 12.1. The number of aromatic nitrogens is 8. The number of piperidine rings is 1. The van der Waals surface area contributed by atoms with Crippen LogP contribution in [-0.4, -0.2) is 58.2 Å². The first-order valence-electron chi connectivity index (χ1n) is 15.2. The number of anilines is 2. The molecular weight excluding hydrogens is 687 g/mol. The van der Waals surface area contributed by atoms with Gasteiger partial charge in [-0.2, -0.15) is 15.3 Å². The molecule has 6 heterocycles. The number of nitrogens with zero attached hydrogens (tertiary/aromatic N) is 8. The summed E-state index contributed by atoms with van der Waals surface area (Å²) in [5.41, 5.74) is 6.67. The Kier molecular flexibility index (Phi) is 9.38. The van der Waals surface area contributed by atoms with E-state index in [1.54, 1.807) is 16.9 Å². The van der Waals surface area contributed by atoms with Gasteiger partial charge in [-0.25, -0.2) is 23.4 Å². The Labute approximate surface area is 282 Å². The minimum atomic E-state index is -0.243. The second-order valence-electron chi connectivity index (χ2n) is 11.2. The van der Waals surface area contributed by atoms with Crippen molar-refractivity contribution in [3.05, 3.63) is 114 Å². The quantitative estimate of drug-likeness (QED) is 0.170. The largest absolute Gasteiger partial charge is 0.373 e. The Bertz CT molecular complexity index is 2140. The maximum Gasteiger partial charge on any atom is 0.158 e. The summed E-state index contributed by atoms with van der Waals surface area (Å²) in [6, 6.07) is 16.7. The Balaban J connectivity index is 0.000000245. The van der Waals surface area contributed by atoms with Crippen LogP contribution in [0.5, 0.6) is 0 Å². The Morgan fingerprint density at radius 1 is 0.936 bits per heavy atom. The summed E-state index contributed by atoms with van der Waals surface area (Å²) >= 11 is 9.25. The molecule has 0 spiro atoms. The molecule has 1 aliphatic rings. The molecule has 1 fully saturated rings. The number of hydrogen-bond acceptors (Lipinski definition) is 8. The van der Waals surface area contributed by atoms with E-state index < -0.39 is 0 Å². The topological polar surface area (TPSA) is 111 Å². The van der Waals surface area contributed by atoms with Gasteiger partial charge in [-0.1, -0.05) is 39.7 Å². The van der Waals surface area contributed by atoms with Gasteiger partial charge in [0.05, 0.1) is 31.0 Å². The smallest absolute Gasteiger partial charge is 0.158 e. The molecule has 1 aliphatic heterocycles. The van der Waals surface area contributed by atoms with E-state index in [0.29, 0.717) is 18.3 Å². The molecule has 14 heteroatoms. The lowest BCUT2D eigenvalue weighted by Gasteiger charge is -2.22. The van der Waals surface area contributed by atoms with E-state index >= 15 is 0 Å². The second kappa shape index (κ2) is 14.1. The van der Waals surface area contributed by atoms with Crippen molar-refractivity contribution in [3.8, 4) is 0 Å². The van der Waals surface area contributed by atoms with E-state index in [2.05, 4.69) is 51.8 Å². The third-order valence-electron chi connectivity index (χ3n) is 8.06.